The molecule has 0 aliphatic carbocycles. The van der Waals surface area contributed by atoms with Crippen molar-refractivity contribution in [3.05, 3.63) is 68.9 Å². The van der Waals surface area contributed by atoms with Crippen LogP contribution in [0.3, 0.4) is 0 Å². The van der Waals surface area contributed by atoms with Crippen molar-refractivity contribution >= 4 is 39.3 Å². The van der Waals surface area contributed by atoms with Crippen molar-refractivity contribution in [2.24, 2.45) is 0 Å². The van der Waals surface area contributed by atoms with Gasteiger partial charge in [0.05, 0.1) is 10.6 Å². The average Bonchev–Trinajstić information content (AvgIpc) is 2.49. The third kappa shape index (κ3) is 3.93. The van der Waals surface area contributed by atoms with Crippen LogP contribution in [0.1, 0.15) is 27.6 Å². The first-order chi connectivity index (χ1) is 10.4. The third-order valence-corrected chi connectivity index (χ3v) is 3.75. The molecule has 1 atom stereocenters. The summed E-state index contributed by atoms with van der Waals surface area (Å²) in [5, 5.41) is 0.231. The fraction of sp³-hybridized carbons (Fsp3) is 0.125. The van der Waals surface area contributed by atoms with Crippen molar-refractivity contribution in [3.63, 3.8) is 0 Å². The van der Waals surface area contributed by atoms with E-state index in [2.05, 4.69) is 15.9 Å². The highest BCUT2D eigenvalue weighted by Gasteiger charge is 2.22. The zero-order valence-corrected chi connectivity index (χ0v) is 13.8. The lowest BCUT2D eigenvalue weighted by Gasteiger charge is -2.13. The summed E-state index contributed by atoms with van der Waals surface area (Å²) in [6, 6.07) is 9.78. The van der Waals surface area contributed by atoms with E-state index in [4.69, 9.17) is 16.3 Å². The maximum Gasteiger partial charge on any atom is 0.340 e. The van der Waals surface area contributed by atoms with Gasteiger partial charge in [-0.15, -0.1) is 0 Å². The molecule has 0 aromatic heterocycles. The van der Waals surface area contributed by atoms with Crippen LogP contribution in [0.4, 0.5) is 4.39 Å². The molecule has 2 aromatic rings. The summed E-state index contributed by atoms with van der Waals surface area (Å²) in [5.74, 6) is -1.56. The van der Waals surface area contributed by atoms with Gasteiger partial charge in [0.1, 0.15) is 5.82 Å². The zero-order chi connectivity index (χ0) is 16.3. The van der Waals surface area contributed by atoms with Gasteiger partial charge >= 0.3 is 5.97 Å². The molecule has 0 saturated carbocycles. The Morgan fingerprint density at radius 3 is 2.45 bits per heavy atom. The lowest BCUT2D eigenvalue weighted by molar-refractivity contribution is 0.0319. The highest BCUT2D eigenvalue weighted by molar-refractivity contribution is 9.10. The van der Waals surface area contributed by atoms with Gasteiger partial charge in [0, 0.05) is 10.0 Å². The summed E-state index contributed by atoms with van der Waals surface area (Å²) in [5.41, 5.74) is 0.428. The van der Waals surface area contributed by atoms with E-state index in [1.165, 1.54) is 37.3 Å². The highest BCUT2D eigenvalue weighted by Crippen LogP contribution is 2.22. The SMILES string of the molecule is C[C@@H](OC(=O)c1cc(Br)ccc1Cl)C(=O)c1ccc(F)cc1. The fourth-order valence-electron chi connectivity index (χ4n) is 1.78. The second kappa shape index (κ2) is 7.03. The van der Waals surface area contributed by atoms with Gasteiger partial charge in [0.15, 0.2) is 6.10 Å². The van der Waals surface area contributed by atoms with Crippen molar-refractivity contribution in [1.29, 1.82) is 0 Å². The van der Waals surface area contributed by atoms with E-state index in [0.29, 0.717) is 4.47 Å². The minimum atomic E-state index is -1.01. The van der Waals surface area contributed by atoms with Gasteiger partial charge in [0.2, 0.25) is 5.78 Å². The molecular weight excluding hydrogens is 375 g/mol. The fourth-order valence-corrected chi connectivity index (χ4v) is 2.34. The Bertz CT molecular complexity index is 716. The summed E-state index contributed by atoms with van der Waals surface area (Å²) >= 11 is 9.17. The van der Waals surface area contributed by atoms with E-state index in [1.807, 2.05) is 0 Å². The Morgan fingerprint density at radius 2 is 1.82 bits per heavy atom. The normalized spacial score (nSPS) is 11.8. The molecule has 0 fully saturated rings. The summed E-state index contributed by atoms with van der Waals surface area (Å²) < 4.78 is 18.6. The average molecular weight is 386 g/mol. The molecule has 2 aromatic carbocycles. The highest BCUT2D eigenvalue weighted by atomic mass is 79.9. The van der Waals surface area contributed by atoms with Crippen molar-refractivity contribution < 1.29 is 18.7 Å². The number of benzene rings is 2. The molecule has 0 aliphatic heterocycles. The quantitative estimate of drug-likeness (QED) is 0.567. The van der Waals surface area contributed by atoms with Gasteiger partial charge in [-0.25, -0.2) is 9.18 Å². The molecule has 0 bridgehead atoms. The number of halogens is 3. The van der Waals surface area contributed by atoms with Gasteiger partial charge in [0.25, 0.3) is 0 Å². The lowest BCUT2D eigenvalue weighted by Crippen LogP contribution is -2.24. The first-order valence-corrected chi connectivity index (χ1v) is 7.51. The Balaban J connectivity index is 2.12. The molecule has 114 valence electrons. The number of ether oxygens (including phenoxy) is 1. The van der Waals surface area contributed by atoms with Gasteiger partial charge in [-0.05, 0) is 49.4 Å². The molecule has 0 aliphatic rings. The van der Waals surface area contributed by atoms with Crippen molar-refractivity contribution in [2.75, 3.05) is 0 Å². The molecule has 2 rings (SSSR count). The molecule has 0 unspecified atom stereocenters. The van der Waals surface area contributed by atoms with E-state index in [9.17, 15) is 14.0 Å². The van der Waals surface area contributed by atoms with Crippen molar-refractivity contribution in [2.45, 2.75) is 13.0 Å². The van der Waals surface area contributed by atoms with E-state index in [1.54, 1.807) is 12.1 Å². The molecule has 0 saturated heterocycles. The van der Waals surface area contributed by atoms with Crippen LogP contribution < -0.4 is 0 Å². The summed E-state index contributed by atoms with van der Waals surface area (Å²) in [4.78, 5) is 24.2. The first kappa shape index (κ1) is 16.6. The van der Waals surface area contributed by atoms with Crippen LogP contribution in [0.15, 0.2) is 46.9 Å². The second-order valence-corrected chi connectivity index (χ2v) is 5.87. The Labute approximate surface area is 140 Å². The summed E-state index contributed by atoms with van der Waals surface area (Å²) in [6.45, 7) is 1.45. The Kier molecular flexibility index (Phi) is 5.32. The Hall–Kier alpha value is -1.72. The predicted molar refractivity (Wildman–Crippen MR) is 84.8 cm³/mol. The Morgan fingerprint density at radius 1 is 1.18 bits per heavy atom. The molecular formula is C16H11BrClFO3. The zero-order valence-electron chi connectivity index (χ0n) is 11.5. The largest absolute Gasteiger partial charge is 0.451 e. The van der Waals surface area contributed by atoms with Crippen LogP contribution in [-0.2, 0) is 4.74 Å². The number of carbonyl (C=O) groups excluding carboxylic acids is 2. The van der Waals surface area contributed by atoms with Gasteiger partial charge in [-0.1, -0.05) is 27.5 Å². The molecule has 0 N–H and O–H groups in total. The van der Waals surface area contributed by atoms with E-state index >= 15 is 0 Å². The summed E-state index contributed by atoms with van der Waals surface area (Å²) in [6.07, 6.45) is -1.01. The molecule has 3 nitrogen and oxygen atoms in total. The van der Waals surface area contributed by atoms with Crippen molar-refractivity contribution in [3.8, 4) is 0 Å². The van der Waals surface area contributed by atoms with E-state index < -0.39 is 23.7 Å². The van der Waals surface area contributed by atoms with Gasteiger partial charge in [-0.3, -0.25) is 4.79 Å². The molecule has 6 heteroatoms. The van der Waals surface area contributed by atoms with Crippen LogP contribution in [-0.4, -0.2) is 17.9 Å². The van der Waals surface area contributed by atoms with Crippen LogP contribution in [0.25, 0.3) is 0 Å². The molecule has 22 heavy (non-hydrogen) atoms. The van der Waals surface area contributed by atoms with Crippen molar-refractivity contribution in [1.82, 2.24) is 0 Å². The number of ketones is 1. The minimum absolute atomic E-state index is 0.162. The molecule has 0 heterocycles. The topological polar surface area (TPSA) is 43.4 Å². The monoisotopic (exact) mass is 384 g/mol. The molecule has 0 spiro atoms. The minimum Gasteiger partial charge on any atom is -0.451 e. The molecule has 0 amide bonds. The van der Waals surface area contributed by atoms with Crippen LogP contribution in [0.5, 0.6) is 0 Å². The second-order valence-electron chi connectivity index (χ2n) is 4.54. The maximum absolute atomic E-state index is 12.8. The number of hydrogen-bond acceptors (Lipinski definition) is 3. The number of carbonyl (C=O) groups is 2. The number of hydrogen-bond donors (Lipinski definition) is 0. The maximum atomic E-state index is 12.8. The molecule has 0 radical (unpaired) electrons. The summed E-state index contributed by atoms with van der Waals surface area (Å²) in [7, 11) is 0. The van der Waals surface area contributed by atoms with Gasteiger partial charge < -0.3 is 4.74 Å². The number of esters is 1. The third-order valence-electron chi connectivity index (χ3n) is 2.93. The number of rotatable bonds is 4. The van der Waals surface area contributed by atoms with Gasteiger partial charge in [-0.2, -0.15) is 0 Å². The smallest absolute Gasteiger partial charge is 0.340 e. The first-order valence-electron chi connectivity index (χ1n) is 6.34. The van der Waals surface area contributed by atoms with Crippen LogP contribution >= 0.6 is 27.5 Å². The van der Waals surface area contributed by atoms with E-state index in [0.717, 1.165) is 0 Å². The van der Waals surface area contributed by atoms with E-state index in [-0.39, 0.29) is 16.1 Å². The van der Waals surface area contributed by atoms with Crippen LogP contribution in [0.2, 0.25) is 5.02 Å². The predicted octanol–water partition coefficient (Wildman–Crippen LogP) is 4.67. The van der Waals surface area contributed by atoms with Crippen LogP contribution in [0, 0.1) is 5.82 Å². The standard InChI is InChI=1S/C16H11BrClFO3/c1-9(15(20)10-2-5-12(19)6-3-10)22-16(21)13-8-11(17)4-7-14(13)18/h2-9H,1H3/t9-/m1/s1. The number of Topliss-reactive ketones (excluding diaryl/α,β-unsaturated/α-hetero) is 1. The lowest BCUT2D eigenvalue weighted by atomic mass is 10.1.